The second-order valence-electron chi connectivity index (χ2n) is 7.79. The number of pyridine rings is 1. The van der Waals surface area contributed by atoms with E-state index in [0.29, 0.717) is 38.2 Å². The summed E-state index contributed by atoms with van der Waals surface area (Å²) in [6, 6.07) is 14.4. The van der Waals surface area contributed by atoms with E-state index in [2.05, 4.69) is 10.3 Å². The third-order valence-electron chi connectivity index (χ3n) is 5.51. The number of carbonyl (C=O) groups is 2. The molecule has 180 valence electrons. The number of amides is 1. The van der Waals surface area contributed by atoms with E-state index in [1.54, 1.807) is 30.3 Å². The Bertz CT molecular complexity index is 1550. The first-order chi connectivity index (χ1) is 17.2. The summed E-state index contributed by atoms with van der Waals surface area (Å²) in [4.78, 5) is 29.0. The number of nitrogens with zero attached hydrogens (tertiary/aromatic N) is 2. The van der Waals surface area contributed by atoms with Crippen molar-refractivity contribution in [3.8, 4) is 17.2 Å². The monoisotopic (exact) mass is 541 g/mol. The molecule has 0 bridgehead atoms. The average molecular weight is 543 g/mol. The SMILES string of the molecule is N#Cc1ccc(-c2ccc(CC(NC(=O)c3c(Cl)cccc3Cl)C(=O)O)c3cc(F)cnc23)c(Cl)c1. The number of nitrogens with one attached hydrogen (secondary N) is 1. The maximum absolute atomic E-state index is 14.2. The molecule has 1 unspecified atom stereocenters. The van der Waals surface area contributed by atoms with Gasteiger partial charge in [0.25, 0.3) is 5.91 Å². The summed E-state index contributed by atoms with van der Waals surface area (Å²) in [6.07, 6.45) is 0.870. The maximum Gasteiger partial charge on any atom is 0.326 e. The molecular weight excluding hydrogens is 528 g/mol. The topological polar surface area (TPSA) is 103 Å². The first kappa shape index (κ1) is 25.4. The molecule has 0 saturated carbocycles. The number of halogens is 4. The summed E-state index contributed by atoms with van der Waals surface area (Å²) in [5, 5.41) is 22.1. The van der Waals surface area contributed by atoms with Gasteiger partial charge < -0.3 is 10.4 Å². The van der Waals surface area contributed by atoms with E-state index in [9.17, 15) is 19.1 Å². The average Bonchev–Trinajstić information content (AvgIpc) is 2.83. The number of benzene rings is 3. The second-order valence-corrected chi connectivity index (χ2v) is 9.02. The van der Waals surface area contributed by atoms with Crippen molar-refractivity contribution in [2.75, 3.05) is 0 Å². The van der Waals surface area contributed by atoms with Gasteiger partial charge in [0.1, 0.15) is 11.9 Å². The van der Waals surface area contributed by atoms with Crippen molar-refractivity contribution in [1.82, 2.24) is 10.3 Å². The highest BCUT2D eigenvalue weighted by Crippen LogP contribution is 2.35. The molecule has 2 N–H and O–H groups in total. The van der Waals surface area contributed by atoms with E-state index in [0.717, 1.165) is 6.20 Å². The summed E-state index contributed by atoms with van der Waals surface area (Å²) >= 11 is 18.5. The van der Waals surface area contributed by atoms with Crippen LogP contribution in [-0.4, -0.2) is 28.0 Å². The molecule has 4 aromatic rings. The molecule has 0 radical (unpaired) electrons. The number of aliphatic carboxylic acids is 1. The van der Waals surface area contributed by atoms with Crippen molar-refractivity contribution < 1.29 is 19.1 Å². The number of aromatic nitrogens is 1. The molecule has 0 aliphatic heterocycles. The number of carboxylic acids is 1. The summed E-state index contributed by atoms with van der Waals surface area (Å²) < 4.78 is 14.2. The lowest BCUT2D eigenvalue weighted by atomic mass is 9.94. The van der Waals surface area contributed by atoms with Crippen LogP contribution in [0.5, 0.6) is 0 Å². The molecule has 0 saturated heterocycles. The quantitative estimate of drug-likeness (QED) is 0.298. The summed E-state index contributed by atoms with van der Waals surface area (Å²) in [7, 11) is 0. The number of fused-ring (bicyclic) bond motifs is 1. The lowest BCUT2D eigenvalue weighted by molar-refractivity contribution is -0.139. The Hall–Kier alpha value is -3.70. The van der Waals surface area contributed by atoms with E-state index in [-0.39, 0.29) is 22.0 Å². The van der Waals surface area contributed by atoms with Crippen LogP contribution in [-0.2, 0) is 11.2 Å². The highest BCUT2D eigenvalue weighted by molar-refractivity contribution is 6.39. The lowest BCUT2D eigenvalue weighted by Crippen LogP contribution is -2.42. The van der Waals surface area contributed by atoms with Crippen LogP contribution in [0.25, 0.3) is 22.0 Å². The largest absolute Gasteiger partial charge is 0.480 e. The Morgan fingerprint density at radius 2 is 1.72 bits per heavy atom. The van der Waals surface area contributed by atoms with Gasteiger partial charge in [0, 0.05) is 28.0 Å². The van der Waals surface area contributed by atoms with Crippen LogP contribution < -0.4 is 5.32 Å². The van der Waals surface area contributed by atoms with Gasteiger partial charge in [0.2, 0.25) is 0 Å². The second kappa shape index (κ2) is 10.5. The van der Waals surface area contributed by atoms with Crippen molar-refractivity contribution >= 4 is 57.6 Å². The van der Waals surface area contributed by atoms with Gasteiger partial charge in [-0.3, -0.25) is 9.78 Å². The van der Waals surface area contributed by atoms with E-state index in [4.69, 9.17) is 40.1 Å². The summed E-state index contributed by atoms with van der Waals surface area (Å²) in [5.74, 6) is -2.68. The van der Waals surface area contributed by atoms with Crippen LogP contribution in [0.1, 0.15) is 21.5 Å². The molecule has 0 spiro atoms. The minimum Gasteiger partial charge on any atom is -0.480 e. The fraction of sp³-hybridized carbons (Fsp3) is 0.0769. The van der Waals surface area contributed by atoms with E-state index < -0.39 is 23.7 Å². The highest BCUT2D eigenvalue weighted by Gasteiger charge is 2.25. The van der Waals surface area contributed by atoms with Crippen LogP contribution in [0.2, 0.25) is 15.1 Å². The number of carboxylic acid groups (broad SMARTS) is 1. The predicted octanol–water partition coefficient (Wildman–Crippen LogP) is 6.30. The van der Waals surface area contributed by atoms with Gasteiger partial charge in [0.05, 0.1) is 39.0 Å². The van der Waals surface area contributed by atoms with Crippen molar-refractivity contribution in [3.63, 3.8) is 0 Å². The Kier molecular flexibility index (Phi) is 7.41. The molecule has 1 amide bonds. The molecule has 0 aliphatic carbocycles. The first-order valence-electron chi connectivity index (χ1n) is 10.4. The van der Waals surface area contributed by atoms with Gasteiger partial charge in [-0.25, -0.2) is 9.18 Å². The molecule has 6 nitrogen and oxygen atoms in total. The minimum atomic E-state index is -1.37. The predicted molar refractivity (Wildman–Crippen MR) is 136 cm³/mol. The molecule has 4 rings (SSSR count). The van der Waals surface area contributed by atoms with Gasteiger partial charge in [-0.1, -0.05) is 59.1 Å². The third kappa shape index (κ3) is 5.12. The number of hydrogen-bond donors (Lipinski definition) is 2. The first-order valence-corrected chi connectivity index (χ1v) is 11.6. The van der Waals surface area contributed by atoms with E-state index in [1.807, 2.05) is 6.07 Å². The van der Waals surface area contributed by atoms with E-state index in [1.165, 1.54) is 24.3 Å². The summed E-state index contributed by atoms with van der Waals surface area (Å²) in [5.41, 5.74) is 2.29. The fourth-order valence-corrected chi connectivity index (χ4v) is 4.67. The normalized spacial score (nSPS) is 11.6. The zero-order valence-electron chi connectivity index (χ0n) is 18.2. The maximum atomic E-state index is 14.2. The Morgan fingerprint density at radius 3 is 2.36 bits per heavy atom. The van der Waals surface area contributed by atoms with Gasteiger partial charge >= 0.3 is 5.97 Å². The third-order valence-corrected chi connectivity index (χ3v) is 6.45. The Balaban J connectivity index is 1.74. The number of nitriles is 1. The van der Waals surface area contributed by atoms with Crippen molar-refractivity contribution in [3.05, 3.63) is 98.4 Å². The van der Waals surface area contributed by atoms with Crippen LogP contribution in [0.15, 0.2) is 60.8 Å². The van der Waals surface area contributed by atoms with Crippen LogP contribution in [0.3, 0.4) is 0 Å². The molecule has 0 aliphatic rings. The molecule has 3 aromatic carbocycles. The molecule has 1 heterocycles. The molecule has 0 fully saturated rings. The fourth-order valence-electron chi connectivity index (χ4n) is 3.81. The molecule has 36 heavy (non-hydrogen) atoms. The molecule has 10 heteroatoms. The van der Waals surface area contributed by atoms with Crippen molar-refractivity contribution in [1.29, 1.82) is 5.26 Å². The van der Waals surface area contributed by atoms with Crippen LogP contribution in [0.4, 0.5) is 4.39 Å². The Labute approximate surface area is 219 Å². The molecular formula is C26H15Cl3FN3O3. The lowest BCUT2D eigenvalue weighted by Gasteiger charge is -2.18. The van der Waals surface area contributed by atoms with Gasteiger partial charge in [-0.05, 0) is 35.9 Å². The van der Waals surface area contributed by atoms with E-state index >= 15 is 0 Å². The van der Waals surface area contributed by atoms with Crippen molar-refractivity contribution in [2.45, 2.75) is 12.5 Å². The van der Waals surface area contributed by atoms with Gasteiger partial charge in [-0.2, -0.15) is 5.26 Å². The highest BCUT2D eigenvalue weighted by atomic mass is 35.5. The number of rotatable bonds is 6. The summed E-state index contributed by atoms with van der Waals surface area (Å²) in [6.45, 7) is 0. The number of hydrogen-bond acceptors (Lipinski definition) is 4. The standard InChI is InChI=1S/C26H15Cl3FN3O3/c27-19-2-1-3-20(28)23(19)25(34)33-22(26(35)36)9-14-5-7-17(24-18(14)10-15(30)12-32-24)16-6-4-13(11-31)8-21(16)29/h1-8,10,12,22H,9H2,(H,33,34)(H,35,36). The van der Waals surface area contributed by atoms with Crippen LogP contribution in [0, 0.1) is 17.1 Å². The minimum absolute atomic E-state index is 0.0459. The van der Waals surface area contributed by atoms with Gasteiger partial charge in [0.15, 0.2) is 0 Å². The van der Waals surface area contributed by atoms with Crippen LogP contribution >= 0.6 is 34.8 Å². The smallest absolute Gasteiger partial charge is 0.326 e. The zero-order valence-corrected chi connectivity index (χ0v) is 20.5. The number of carbonyl (C=O) groups excluding carboxylic acids is 1. The zero-order chi connectivity index (χ0) is 26.0. The van der Waals surface area contributed by atoms with Crippen molar-refractivity contribution in [2.24, 2.45) is 0 Å². The molecule has 1 atom stereocenters. The molecule has 1 aromatic heterocycles. The Morgan fingerprint density at radius 1 is 1.03 bits per heavy atom. The van der Waals surface area contributed by atoms with Gasteiger partial charge in [-0.15, -0.1) is 0 Å².